The van der Waals surface area contributed by atoms with Crippen LogP contribution in [0.5, 0.6) is 11.8 Å². The summed E-state index contributed by atoms with van der Waals surface area (Å²) in [4.78, 5) is 60.5. The van der Waals surface area contributed by atoms with Crippen molar-refractivity contribution in [2.45, 2.75) is 218 Å². The Bertz CT molecular complexity index is 2680. The molecule has 96 heavy (non-hydrogen) atoms. The molecule has 552 valence electrons. The van der Waals surface area contributed by atoms with E-state index in [1.165, 1.54) is 18.2 Å². The lowest BCUT2D eigenvalue weighted by Crippen LogP contribution is -2.49. The van der Waals surface area contributed by atoms with Crippen molar-refractivity contribution in [3.05, 3.63) is 24.8 Å². The standard InChI is InChI=1S/2C25H41N5O5S.C8H16OS.C6H13Br.C5H11BrO/c2*1-24(2,3)9-16-36(32,33)30-14-12-28(13-15-30)21-17-27-22(18-26-21)34-19-20-5-10-29(11-6-20)23(31)35-25(4)7-8-25;1-7(9)10-6-5-8(2,3)4;1-6(2,3)4-5-7;1-5(2,7)3-4-6/h2*17-18,20H,5-16,19H2,1-4H3;5-6H2,1-4H3;4-5H2,1-3H3;7H,3-4H2,1-2H3. The molecule has 0 bridgehead atoms. The third kappa shape index (κ3) is 35.3. The summed E-state index contributed by atoms with van der Waals surface area (Å²) in [5, 5.41) is 11.2. The number of halogens is 2. The van der Waals surface area contributed by atoms with Crippen molar-refractivity contribution < 1.29 is 55.3 Å². The van der Waals surface area contributed by atoms with E-state index in [9.17, 15) is 31.2 Å². The van der Waals surface area contributed by atoms with Crippen molar-refractivity contribution in [3.8, 4) is 11.8 Å². The number of rotatable bonds is 21. The molecular weight excluding hydrogens is 1420 g/mol. The summed E-state index contributed by atoms with van der Waals surface area (Å²) >= 11 is 8.03. The monoisotopic (exact) mass is 1540 g/mol. The molecule has 0 aromatic carbocycles. The minimum atomic E-state index is -3.24. The van der Waals surface area contributed by atoms with Crippen LogP contribution in [-0.2, 0) is 34.3 Å². The van der Waals surface area contributed by atoms with Gasteiger partial charge in [0.15, 0.2) is 5.12 Å². The third-order valence-electron chi connectivity index (χ3n) is 17.3. The molecule has 2 amide bonds. The molecule has 2 aromatic rings. The lowest BCUT2D eigenvalue weighted by Gasteiger charge is -2.35. The zero-order valence-electron chi connectivity index (χ0n) is 61.5. The van der Waals surface area contributed by atoms with E-state index in [1.807, 2.05) is 13.8 Å². The van der Waals surface area contributed by atoms with Gasteiger partial charge in [0.2, 0.25) is 31.8 Å². The van der Waals surface area contributed by atoms with Gasteiger partial charge < -0.3 is 43.7 Å². The second-order valence-electron chi connectivity index (χ2n) is 32.5. The highest BCUT2D eigenvalue weighted by atomic mass is 79.9. The number of alkyl halides is 2. The van der Waals surface area contributed by atoms with E-state index >= 15 is 0 Å². The number of amides is 2. The molecule has 2 aromatic heterocycles. The summed E-state index contributed by atoms with van der Waals surface area (Å²) in [6.45, 7) is 42.8. The molecule has 2 aliphatic carbocycles. The van der Waals surface area contributed by atoms with E-state index in [4.69, 9.17) is 24.1 Å². The summed E-state index contributed by atoms with van der Waals surface area (Å²) in [6.07, 6.45) is 18.0. The van der Waals surface area contributed by atoms with Crippen molar-refractivity contribution in [3.63, 3.8) is 0 Å². The first-order valence-electron chi connectivity index (χ1n) is 34.7. The van der Waals surface area contributed by atoms with Crippen molar-refractivity contribution >= 4 is 92.6 Å². The molecule has 8 rings (SSSR count). The number of nitrogens with zero attached hydrogens (tertiary/aromatic N) is 10. The molecule has 2 saturated carbocycles. The number of carbonyl (C=O) groups is 3. The Labute approximate surface area is 599 Å². The molecule has 22 nitrogen and oxygen atoms in total. The lowest BCUT2D eigenvalue weighted by molar-refractivity contribution is -0.109. The van der Waals surface area contributed by atoms with Gasteiger partial charge in [-0.3, -0.25) is 4.79 Å². The van der Waals surface area contributed by atoms with Crippen LogP contribution in [0.3, 0.4) is 0 Å². The van der Waals surface area contributed by atoms with Crippen molar-refractivity contribution in [2.24, 2.45) is 33.5 Å². The number of piperazine rings is 2. The van der Waals surface area contributed by atoms with E-state index in [0.29, 0.717) is 139 Å². The number of aromatic nitrogens is 4. The second-order valence-corrected chi connectivity index (χ2v) is 39.5. The minimum Gasteiger partial charge on any atom is -0.476 e. The van der Waals surface area contributed by atoms with Crippen LogP contribution in [0.15, 0.2) is 24.8 Å². The molecule has 4 saturated heterocycles. The highest BCUT2D eigenvalue weighted by Gasteiger charge is 2.44. The number of piperidine rings is 2. The number of sulfonamides is 2. The Hall–Kier alpha value is -3.34. The zero-order chi connectivity index (χ0) is 72.0. The van der Waals surface area contributed by atoms with E-state index in [0.717, 1.165) is 92.3 Å². The van der Waals surface area contributed by atoms with Crippen LogP contribution in [0.2, 0.25) is 0 Å². The maximum Gasteiger partial charge on any atom is 0.410 e. The maximum absolute atomic E-state index is 12.7. The fraction of sp³-hybridized carbons (Fsp3) is 0.841. The van der Waals surface area contributed by atoms with Crippen LogP contribution in [-0.4, -0.2) is 214 Å². The Morgan fingerprint density at radius 2 is 0.844 bits per heavy atom. The van der Waals surface area contributed by atoms with Crippen molar-refractivity contribution in [2.75, 3.05) is 129 Å². The lowest BCUT2D eigenvalue weighted by atomic mass is 9.94. The Morgan fingerprint density at radius 1 is 0.510 bits per heavy atom. The smallest absolute Gasteiger partial charge is 0.410 e. The number of thioether (sulfide) groups is 1. The van der Waals surface area contributed by atoms with Gasteiger partial charge in [-0.05, 0) is 145 Å². The molecule has 4 aliphatic heterocycles. The van der Waals surface area contributed by atoms with E-state index in [1.54, 1.807) is 64.0 Å². The van der Waals surface area contributed by atoms with Crippen LogP contribution in [0, 0.1) is 33.5 Å². The van der Waals surface area contributed by atoms with Gasteiger partial charge in [0.25, 0.3) is 0 Å². The van der Waals surface area contributed by atoms with Crippen LogP contribution in [0.25, 0.3) is 0 Å². The second kappa shape index (κ2) is 38.1. The molecule has 0 radical (unpaired) electrons. The minimum absolute atomic E-state index is 0.00615. The van der Waals surface area contributed by atoms with Gasteiger partial charge >= 0.3 is 12.2 Å². The molecular formula is C69H122Br2N10O12S3. The highest BCUT2D eigenvalue weighted by molar-refractivity contribution is 9.09. The van der Waals surface area contributed by atoms with Crippen molar-refractivity contribution in [1.82, 2.24) is 38.3 Å². The fourth-order valence-corrected chi connectivity index (χ4v) is 16.6. The van der Waals surface area contributed by atoms with Gasteiger partial charge in [-0.25, -0.2) is 46.4 Å². The van der Waals surface area contributed by atoms with Gasteiger partial charge in [0.1, 0.15) is 22.8 Å². The number of aliphatic hydroxyl groups is 1. The Kier molecular flexibility index (Phi) is 33.7. The average molecular weight is 1540 g/mol. The molecule has 6 aliphatic rings. The number of anilines is 2. The number of carbonyl (C=O) groups excluding carboxylic acids is 3. The molecule has 27 heteroatoms. The van der Waals surface area contributed by atoms with Gasteiger partial charge in [0, 0.05) is 102 Å². The molecule has 0 spiro atoms. The predicted molar refractivity (Wildman–Crippen MR) is 395 cm³/mol. The van der Waals surface area contributed by atoms with E-state index < -0.39 is 25.6 Å². The molecule has 6 fully saturated rings. The van der Waals surface area contributed by atoms with Crippen LogP contribution in [0.4, 0.5) is 21.2 Å². The van der Waals surface area contributed by atoms with Gasteiger partial charge in [-0.15, -0.1) is 0 Å². The number of likely N-dealkylation sites (tertiary alicyclic amines) is 2. The highest BCUT2D eigenvalue weighted by Crippen LogP contribution is 2.40. The van der Waals surface area contributed by atoms with E-state index in [-0.39, 0.29) is 50.8 Å². The maximum atomic E-state index is 12.7. The van der Waals surface area contributed by atoms with Crippen LogP contribution >= 0.6 is 43.6 Å². The average Bonchev–Trinajstić information content (AvgIpc) is 1.59. The largest absolute Gasteiger partial charge is 0.476 e. The third-order valence-corrected chi connectivity index (χ3v) is 22.7. The predicted octanol–water partition coefficient (Wildman–Crippen LogP) is 13.4. The molecule has 1 N–H and O–H groups in total. The molecule has 6 heterocycles. The summed E-state index contributed by atoms with van der Waals surface area (Å²) in [7, 11) is -6.48. The van der Waals surface area contributed by atoms with Gasteiger partial charge in [-0.2, -0.15) is 8.61 Å². The summed E-state index contributed by atoms with van der Waals surface area (Å²) in [5.74, 6) is 4.46. The van der Waals surface area contributed by atoms with Gasteiger partial charge in [0.05, 0.1) is 55.1 Å². The zero-order valence-corrected chi connectivity index (χ0v) is 67.1. The first-order chi connectivity index (χ1) is 44.4. The Morgan fingerprint density at radius 3 is 1.08 bits per heavy atom. The normalized spacial score (nSPS) is 19.0. The molecule has 0 atom stereocenters. The van der Waals surface area contributed by atoms with Crippen LogP contribution in [0.1, 0.15) is 201 Å². The summed E-state index contributed by atoms with van der Waals surface area (Å²) in [6, 6.07) is 0. The van der Waals surface area contributed by atoms with Crippen LogP contribution < -0.4 is 19.3 Å². The summed E-state index contributed by atoms with van der Waals surface area (Å²) in [5.41, 5.74) is -0.116. The Balaban J connectivity index is 0.000000305. The van der Waals surface area contributed by atoms with Gasteiger partial charge in [-0.1, -0.05) is 127 Å². The topological polar surface area (TPSA) is 248 Å². The summed E-state index contributed by atoms with van der Waals surface area (Å²) < 4.78 is 76.7. The number of hydrogen-bond donors (Lipinski definition) is 1. The number of hydrogen-bond acceptors (Lipinski definition) is 19. The number of ether oxygens (including phenoxy) is 4. The van der Waals surface area contributed by atoms with Crippen molar-refractivity contribution in [1.29, 1.82) is 0 Å². The van der Waals surface area contributed by atoms with E-state index in [2.05, 4.69) is 145 Å². The SMILES string of the molecule is CC(=O)SCCC(C)(C)C.CC(C)(C)CCBr.CC(C)(C)CCS(=O)(=O)N1CCN(c2cnc(OCC3CCN(C(=O)OC4(C)CC4)CC3)cn2)CC1.CC(C)(C)CCS(=O)(=O)N1CCN(c2cnc(OCC3CCN(C(=O)OC4(C)CC4)CC3)cn2)CC1.CC(C)(O)CCBr. The fourth-order valence-electron chi connectivity index (χ4n) is 9.71. The quantitative estimate of drug-likeness (QED) is 0.114. The first kappa shape index (κ1) is 85.1. The molecule has 0 unspecified atom stereocenters. The first-order valence-corrected chi connectivity index (χ1v) is 41.1.